The summed E-state index contributed by atoms with van der Waals surface area (Å²) in [5.41, 5.74) is 1.88. The summed E-state index contributed by atoms with van der Waals surface area (Å²) in [5.74, 6) is 0.515. The molecule has 0 aliphatic rings. The van der Waals surface area contributed by atoms with Crippen molar-refractivity contribution >= 4 is 17.5 Å². The molecule has 0 aliphatic carbocycles. The van der Waals surface area contributed by atoms with Crippen molar-refractivity contribution in [1.29, 1.82) is 0 Å². The van der Waals surface area contributed by atoms with Crippen molar-refractivity contribution in [2.45, 2.75) is 13.0 Å². The standard InChI is InChI=1S/C19H19ClN4O2.CH4O/c1-2-21-19-22-8-6-16(23-19)13-7-9-24(18(26)11-13)17(12-25)14-4-3-5-15(20)10-14;1-2/h3-11,17,25H,2,12H2,1H3,(H,21,22,23);2H,1H3. The smallest absolute Gasteiger partial charge is 0.251 e. The number of rotatable bonds is 6. The number of hydrogen-bond donors (Lipinski definition) is 3. The summed E-state index contributed by atoms with van der Waals surface area (Å²) in [6.45, 7) is 2.46. The van der Waals surface area contributed by atoms with Crippen LogP contribution < -0.4 is 10.9 Å². The average Bonchev–Trinajstić information content (AvgIpc) is 2.72. The highest BCUT2D eigenvalue weighted by atomic mass is 35.5. The lowest BCUT2D eigenvalue weighted by Crippen LogP contribution is -2.26. The molecule has 1 unspecified atom stereocenters. The number of aliphatic hydroxyl groups excluding tert-OH is 2. The average molecular weight is 403 g/mol. The third kappa shape index (κ3) is 5.16. The van der Waals surface area contributed by atoms with Crippen molar-refractivity contribution in [3.63, 3.8) is 0 Å². The van der Waals surface area contributed by atoms with Crippen LogP contribution in [0.4, 0.5) is 5.95 Å². The molecular formula is C20H23ClN4O3. The molecule has 7 nitrogen and oxygen atoms in total. The van der Waals surface area contributed by atoms with Gasteiger partial charge in [0.25, 0.3) is 5.56 Å². The van der Waals surface area contributed by atoms with Crippen molar-refractivity contribution in [2.75, 3.05) is 25.6 Å². The van der Waals surface area contributed by atoms with Gasteiger partial charge in [0.1, 0.15) is 0 Å². The summed E-state index contributed by atoms with van der Waals surface area (Å²) >= 11 is 6.03. The van der Waals surface area contributed by atoms with E-state index in [-0.39, 0.29) is 12.2 Å². The second kappa shape index (κ2) is 10.6. The molecule has 3 N–H and O–H groups in total. The lowest BCUT2D eigenvalue weighted by atomic mass is 10.1. The molecule has 1 aromatic carbocycles. The van der Waals surface area contributed by atoms with Crippen molar-refractivity contribution in [3.05, 3.63) is 75.8 Å². The second-order valence-electron chi connectivity index (χ2n) is 5.71. The maximum absolute atomic E-state index is 12.6. The van der Waals surface area contributed by atoms with E-state index in [4.69, 9.17) is 16.7 Å². The fourth-order valence-corrected chi connectivity index (χ4v) is 2.94. The first-order valence-corrected chi connectivity index (χ1v) is 9.10. The maximum Gasteiger partial charge on any atom is 0.251 e. The normalized spacial score (nSPS) is 11.3. The largest absolute Gasteiger partial charge is 0.400 e. The Bertz CT molecular complexity index is 962. The molecule has 28 heavy (non-hydrogen) atoms. The number of halogens is 1. The molecule has 0 saturated carbocycles. The van der Waals surface area contributed by atoms with Gasteiger partial charge in [-0.3, -0.25) is 4.79 Å². The molecule has 0 spiro atoms. The second-order valence-corrected chi connectivity index (χ2v) is 6.15. The summed E-state index contributed by atoms with van der Waals surface area (Å²) in [5, 5.41) is 20.4. The van der Waals surface area contributed by atoms with E-state index in [1.54, 1.807) is 42.7 Å². The number of pyridine rings is 1. The first kappa shape index (κ1) is 21.6. The van der Waals surface area contributed by atoms with E-state index in [1.165, 1.54) is 10.6 Å². The van der Waals surface area contributed by atoms with Crippen LogP contribution in [0.3, 0.4) is 0 Å². The van der Waals surface area contributed by atoms with E-state index in [0.717, 1.165) is 12.7 Å². The molecule has 3 aromatic rings. The minimum Gasteiger partial charge on any atom is -0.400 e. The first-order valence-electron chi connectivity index (χ1n) is 8.73. The molecule has 148 valence electrons. The molecule has 0 amide bonds. The Morgan fingerprint density at radius 2 is 2.00 bits per heavy atom. The van der Waals surface area contributed by atoms with Crippen molar-refractivity contribution in [2.24, 2.45) is 0 Å². The quantitative estimate of drug-likeness (QED) is 0.586. The molecule has 2 heterocycles. The summed E-state index contributed by atoms with van der Waals surface area (Å²) in [6.07, 6.45) is 3.31. The van der Waals surface area contributed by atoms with Gasteiger partial charge >= 0.3 is 0 Å². The number of benzene rings is 1. The Labute approximate surface area is 168 Å². The number of hydrogen-bond acceptors (Lipinski definition) is 6. The zero-order chi connectivity index (χ0) is 20.5. The van der Waals surface area contributed by atoms with E-state index in [0.29, 0.717) is 28.8 Å². The van der Waals surface area contributed by atoms with Gasteiger partial charge in [-0.25, -0.2) is 9.97 Å². The van der Waals surface area contributed by atoms with E-state index in [1.807, 2.05) is 13.0 Å². The SMILES string of the molecule is CCNc1nccc(-c2ccn(C(CO)c3cccc(Cl)c3)c(=O)c2)n1.CO. The fourth-order valence-electron chi connectivity index (χ4n) is 2.74. The highest BCUT2D eigenvalue weighted by Crippen LogP contribution is 2.22. The van der Waals surface area contributed by atoms with E-state index in [9.17, 15) is 9.90 Å². The van der Waals surface area contributed by atoms with Crippen LogP contribution >= 0.6 is 11.6 Å². The summed E-state index contributed by atoms with van der Waals surface area (Å²) in [4.78, 5) is 21.2. The van der Waals surface area contributed by atoms with Gasteiger partial charge in [-0.2, -0.15) is 0 Å². The van der Waals surface area contributed by atoms with Gasteiger partial charge in [-0.15, -0.1) is 0 Å². The maximum atomic E-state index is 12.6. The van der Waals surface area contributed by atoms with Crippen LogP contribution in [-0.2, 0) is 0 Å². The lowest BCUT2D eigenvalue weighted by molar-refractivity contribution is 0.247. The lowest BCUT2D eigenvalue weighted by Gasteiger charge is -2.18. The molecule has 0 saturated heterocycles. The molecule has 3 rings (SSSR count). The molecule has 0 aliphatic heterocycles. The zero-order valence-corrected chi connectivity index (χ0v) is 16.5. The van der Waals surface area contributed by atoms with Crippen molar-refractivity contribution < 1.29 is 10.2 Å². The molecule has 1 atom stereocenters. The summed E-state index contributed by atoms with van der Waals surface area (Å²) in [7, 11) is 1.00. The van der Waals surface area contributed by atoms with Crippen LogP contribution in [0.25, 0.3) is 11.3 Å². The van der Waals surface area contributed by atoms with Gasteiger partial charge in [0.15, 0.2) is 0 Å². The Morgan fingerprint density at radius 3 is 2.64 bits per heavy atom. The van der Waals surface area contributed by atoms with Crippen LogP contribution in [0.15, 0.2) is 59.7 Å². The van der Waals surface area contributed by atoms with Crippen molar-refractivity contribution in [3.8, 4) is 11.3 Å². The summed E-state index contributed by atoms with van der Waals surface area (Å²) < 4.78 is 1.49. The first-order chi connectivity index (χ1) is 13.6. The number of anilines is 1. The molecule has 2 aromatic heterocycles. The molecule has 0 bridgehead atoms. The van der Waals surface area contributed by atoms with E-state index < -0.39 is 6.04 Å². The Kier molecular flexibility index (Phi) is 8.13. The van der Waals surface area contributed by atoms with Gasteiger partial charge in [0, 0.05) is 42.7 Å². The zero-order valence-electron chi connectivity index (χ0n) is 15.7. The Balaban J connectivity index is 0.00000136. The fraction of sp³-hybridized carbons (Fsp3) is 0.250. The van der Waals surface area contributed by atoms with Crippen LogP contribution in [0.1, 0.15) is 18.5 Å². The number of aliphatic hydroxyl groups is 2. The highest BCUT2D eigenvalue weighted by Gasteiger charge is 2.15. The molecule has 0 fully saturated rings. The molecular weight excluding hydrogens is 380 g/mol. The Morgan fingerprint density at radius 1 is 1.21 bits per heavy atom. The van der Waals surface area contributed by atoms with Gasteiger partial charge in [-0.1, -0.05) is 23.7 Å². The monoisotopic (exact) mass is 402 g/mol. The minimum absolute atomic E-state index is 0.211. The third-order valence-electron chi connectivity index (χ3n) is 3.98. The number of aromatic nitrogens is 3. The number of nitrogens with zero attached hydrogens (tertiary/aromatic N) is 3. The number of nitrogens with one attached hydrogen (secondary N) is 1. The van der Waals surface area contributed by atoms with Crippen LogP contribution in [0, 0.1) is 0 Å². The van der Waals surface area contributed by atoms with Gasteiger partial charge in [0.2, 0.25) is 5.95 Å². The molecule has 8 heteroatoms. The molecule has 0 radical (unpaired) electrons. The third-order valence-corrected chi connectivity index (χ3v) is 4.21. The van der Waals surface area contributed by atoms with Crippen LogP contribution in [-0.4, -0.2) is 45.0 Å². The summed E-state index contributed by atoms with van der Waals surface area (Å²) in [6, 6.07) is 11.7. The van der Waals surface area contributed by atoms with E-state index in [2.05, 4.69) is 15.3 Å². The van der Waals surface area contributed by atoms with Crippen LogP contribution in [0.5, 0.6) is 0 Å². The highest BCUT2D eigenvalue weighted by molar-refractivity contribution is 6.30. The van der Waals surface area contributed by atoms with E-state index >= 15 is 0 Å². The van der Waals surface area contributed by atoms with Crippen LogP contribution in [0.2, 0.25) is 5.02 Å². The topological polar surface area (TPSA) is 100 Å². The van der Waals surface area contributed by atoms with Gasteiger partial charge in [0.05, 0.1) is 18.3 Å². The van der Waals surface area contributed by atoms with Gasteiger partial charge in [-0.05, 0) is 36.8 Å². The minimum atomic E-state index is -0.502. The van der Waals surface area contributed by atoms with Gasteiger partial charge < -0.3 is 20.1 Å². The van der Waals surface area contributed by atoms with Crippen molar-refractivity contribution in [1.82, 2.24) is 14.5 Å². The predicted molar refractivity (Wildman–Crippen MR) is 111 cm³/mol. The Hall–Kier alpha value is -2.74. The predicted octanol–water partition coefficient (Wildman–Crippen LogP) is 2.58.